The first kappa shape index (κ1) is 26.4. The lowest BCUT2D eigenvalue weighted by molar-refractivity contribution is 0.0432. The van der Waals surface area contributed by atoms with Gasteiger partial charge in [-0.15, -0.1) is 0 Å². The lowest BCUT2D eigenvalue weighted by atomic mass is 10.1. The van der Waals surface area contributed by atoms with Crippen LogP contribution in [-0.2, 0) is 22.3 Å². The molecule has 1 fully saturated rings. The van der Waals surface area contributed by atoms with Crippen molar-refractivity contribution in [2.45, 2.75) is 38.8 Å². The molecule has 0 saturated carbocycles. The summed E-state index contributed by atoms with van der Waals surface area (Å²) in [5.41, 5.74) is 8.40. The zero-order valence-electron chi connectivity index (χ0n) is 19.3. The summed E-state index contributed by atoms with van der Waals surface area (Å²) in [4.78, 5) is 23.6. The van der Waals surface area contributed by atoms with Crippen LogP contribution in [-0.4, -0.2) is 72.6 Å². The number of ether oxygens (including phenoxy) is 2. The summed E-state index contributed by atoms with van der Waals surface area (Å²) in [6, 6.07) is 4.97. The number of alkyl halides is 1. The van der Waals surface area contributed by atoms with Gasteiger partial charge in [-0.05, 0) is 31.0 Å². The van der Waals surface area contributed by atoms with Gasteiger partial charge in [-0.1, -0.05) is 37.0 Å². The van der Waals surface area contributed by atoms with E-state index in [0.29, 0.717) is 40.9 Å². The molecule has 11 heteroatoms. The van der Waals surface area contributed by atoms with Crippen LogP contribution < -0.4 is 11.1 Å². The van der Waals surface area contributed by atoms with E-state index in [4.69, 9.17) is 48.4 Å². The Morgan fingerprint density at radius 3 is 2.62 bits per heavy atom. The van der Waals surface area contributed by atoms with E-state index in [0.717, 1.165) is 17.0 Å². The van der Waals surface area contributed by atoms with Crippen molar-refractivity contribution in [1.29, 1.82) is 0 Å². The van der Waals surface area contributed by atoms with Crippen LogP contribution in [0.15, 0.2) is 18.2 Å². The quantitative estimate of drug-likeness (QED) is 0.492. The number of benzene rings is 1. The fourth-order valence-electron chi connectivity index (χ4n) is 3.85. The van der Waals surface area contributed by atoms with Crippen LogP contribution in [0.2, 0.25) is 10.0 Å². The maximum absolute atomic E-state index is 12.8. The zero-order chi connectivity index (χ0) is 24.7. The molecule has 0 spiro atoms. The summed E-state index contributed by atoms with van der Waals surface area (Å²) in [6.45, 7) is 4.26. The summed E-state index contributed by atoms with van der Waals surface area (Å²) in [5, 5.41) is 4.43. The summed E-state index contributed by atoms with van der Waals surface area (Å²) in [5.74, 6) is 0.601. The molecular weight excluding hydrogens is 484 g/mol. The molecule has 1 aromatic carbocycles. The number of amides is 1. The van der Waals surface area contributed by atoms with Crippen molar-refractivity contribution in [2.24, 2.45) is 5.73 Å². The Hall–Kier alpha value is -2.20. The van der Waals surface area contributed by atoms with Crippen LogP contribution in [0.1, 0.15) is 25.2 Å². The van der Waals surface area contributed by atoms with Gasteiger partial charge in [0.25, 0.3) is 0 Å². The van der Waals surface area contributed by atoms with Crippen molar-refractivity contribution in [3.8, 4) is 11.3 Å². The number of likely N-dealkylation sites (tertiary alicyclic amines) is 1. The van der Waals surface area contributed by atoms with Gasteiger partial charge in [-0.2, -0.15) is 0 Å². The van der Waals surface area contributed by atoms with Crippen LogP contribution in [0.3, 0.4) is 0 Å². The number of rotatable bonds is 10. The number of carbonyl (C=O) groups is 1. The second-order valence-electron chi connectivity index (χ2n) is 7.80. The zero-order valence-corrected chi connectivity index (χ0v) is 20.8. The third kappa shape index (κ3) is 6.27. The van der Waals surface area contributed by atoms with Gasteiger partial charge in [0.05, 0.1) is 47.4 Å². The number of nitrogens with zero attached hydrogens (tertiary/aromatic N) is 3. The van der Waals surface area contributed by atoms with Crippen LogP contribution in [0.4, 0.5) is 15.0 Å². The molecule has 2 atom stereocenters. The van der Waals surface area contributed by atoms with Gasteiger partial charge in [0, 0.05) is 23.7 Å². The van der Waals surface area contributed by atoms with Crippen LogP contribution in [0, 0.1) is 0 Å². The first-order valence-corrected chi connectivity index (χ1v) is 12.1. The van der Waals surface area contributed by atoms with E-state index in [9.17, 15) is 9.18 Å². The maximum Gasteiger partial charge on any atom is 0.409 e. The molecule has 2 aromatic rings. The third-order valence-electron chi connectivity index (χ3n) is 5.50. The molecule has 34 heavy (non-hydrogen) atoms. The summed E-state index contributed by atoms with van der Waals surface area (Å²) in [6.07, 6.45) is 0.336. The highest BCUT2D eigenvalue weighted by Crippen LogP contribution is 2.33. The van der Waals surface area contributed by atoms with Crippen molar-refractivity contribution in [1.82, 2.24) is 14.9 Å². The average Bonchev–Trinajstić information content (AvgIpc) is 3.23. The molecule has 1 aliphatic heterocycles. The molecule has 0 bridgehead atoms. The molecular formula is C23H30Cl2FN5O3. The summed E-state index contributed by atoms with van der Waals surface area (Å²) >= 11 is 12.5. The summed E-state index contributed by atoms with van der Waals surface area (Å²) in [7, 11) is 0. The number of carbonyl (C=O) groups excluding carboxylic acids is 1. The molecule has 3 rings (SSSR count). The molecule has 0 radical (unpaired) electrons. The van der Waals surface area contributed by atoms with E-state index in [-0.39, 0.29) is 32.3 Å². The Morgan fingerprint density at radius 1 is 1.21 bits per heavy atom. The van der Waals surface area contributed by atoms with E-state index >= 15 is 0 Å². The largest absolute Gasteiger partial charge is 0.448 e. The Balaban J connectivity index is 1.89. The number of aromatic nitrogens is 2. The van der Waals surface area contributed by atoms with Gasteiger partial charge in [0.2, 0.25) is 0 Å². The Morgan fingerprint density at radius 2 is 1.97 bits per heavy atom. The predicted molar refractivity (Wildman–Crippen MR) is 131 cm³/mol. The van der Waals surface area contributed by atoms with Gasteiger partial charge in [-0.3, -0.25) is 0 Å². The van der Waals surface area contributed by atoms with Crippen LogP contribution in [0.25, 0.3) is 11.3 Å². The molecule has 0 aliphatic carbocycles. The van der Waals surface area contributed by atoms with Gasteiger partial charge in [0.15, 0.2) is 0 Å². The van der Waals surface area contributed by atoms with Crippen molar-refractivity contribution < 1.29 is 18.7 Å². The molecule has 1 aromatic heterocycles. The van der Waals surface area contributed by atoms with Gasteiger partial charge >= 0.3 is 6.09 Å². The number of hydrogen-bond donors (Lipinski definition) is 2. The predicted octanol–water partition coefficient (Wildman–Crippen LogP) is 4.12. The minimum atomic E-state index is -0.614. The van der Waals surface area contributed by atoms with Gasteiger partial charge < -0.3 is 25.4 Å². The smallest absolute Gasteiger partial charge is 0.409 e. The molecule has 1 saturated heterocycles. The fourth-order valence-corrected chi connectivity index (χ4v) is 4.35. The number of hydrogen-bond acceptors (Lipinski definition) is 7. The standard InChI is InChI=1S/C23H30Cl2FN5O3/c1-3-17-21(15-6-5-14(24)11-16(15)25)28-18(4-2)22(29-17)30-19-12-31(23(32)34-10-8-27)13-20(19)33-9-7-26/h5-6,11,19-20H,3-4,7-10,12-13,27H2,1-2H3,(H,29,30)/t19-,20+/m1/s1. The van der Waals surface area contributed by atoms with Crippen molar-refractivity contribution in [3.63, 3.8) is 0 Å². The number of aryl methyl sites for hydroxylation is 2. The van der Waals surface area contributed by atoms with E-state index in [1.54, 1.807) is 12.1 Å². The van der Waals surface area contributed by atoms with Crippen LogP contribution >= 0.6 is 23.2 Å². The number of nitrogens with two attached hydrogens (primary N) is 1. The Labute approximate surface area is 208 Å². The van der Waals surface area contributed by atoms with Crippen LogP contribution in [0.5, 0.6) is 0 Å². The number of anilines is 1. The monoisotopic (exact) mass is 513 g/mol. The summed E-state index contributed by atoms with van der Waals surface area (Å²) < 4.78 is 23.6. The minimum absolute atomic E-state index is 0.0605. The second kappa shape index (κ2) is 12.5. The van der Waals surface area contributed by atoms with Crippen molar-refractivity contribution >= 4 is 35.1 Å². The maximum atomic E-state index is 12.8. The molecule has 1 aliphatic rings. The van der Waals surface area contributed by atoms with E-state index < -0.39 is 18.9 Å². The highest BCUT2D eigenvalue weighted by molar-refractivity contribution is 6.36. The van der Waals surface area contributed by atoms with Gasteiger partial charge in [-0.25, -0.2) is 19.2 Å². The molecule has 3 N–H and O–H groups in total. The fraction of sp³-hybridized carbons (Fsp3) is 0.522. The molecule has 0 unspecified atom stereocenters. The molecule has 2 heterocycles. The molecule has 186 valence electrons. The third-order valence-corrected chi connectivity index (χ3v) is 6.04. The molecule has 1 amide bonds. The highest BCUT2D eigenvalue weighted by Gasteiger charge is 2.37. The second-order valence-corrected chi connectivity index (χ2v) is 8.65. The highest BCUT2D eigenvalue weighted by atomic mass is 35.5. The van der Waals surface area contributed by atoms with E-state index in [2.05, 4.69) is 5.32 Å². The number of halogens is 3. The number of nitrogens with one attached hydrogen (secondary N) is 1. The molecule has 8 nitrogen and oxygen atoms in total. The van der Waals surface area contributed by atoms with Crippen molar-refractivity contribution in [3.05, 3.63) is 39.6 Å². The van der Waals surface area contributed by atoms with Gasteiger partial charge in [0.1, 0.15) is 19.1 Å². The minimum Gasteiger partial charge on any atom is -0.448 e. The Bertz CT molecular complexity index is 997. The first-order valence-electron chi connectivity index (χ1n) is 11.3. The topological polar surface area (TPSA) is 103 Å². The lowest BCUT2D eigenvalue weighted by Crippen LogP contribution is -2.36. The van der Waals surface area contributed by atoms with E-state index in [1.165, 1.54) is 4.90 Å². The first-order chi connectivity index (χ1) is 16.4. The average molecular weight is 514 g/mol. The Kier molecular flexibility index (Phi) is 9.70. The normalized spacial score (nSPS) is 17.8. The van der Waals surface area contributed by atoms with Crippen molar-refractivity contribution in [2.75, 3.05) is 44.8 Å². The van der Waals surface area contributed by atoms with E-state index in [1.807, 2.05) is 19.9 Å². The lowest BCUT2D eigenvalue weighted by Gasteiger charge is -2.22. The SMILES string of the molecule is CCc1nc(-c2ccc(Cl)cc2Cl)c(CC)nc1N[C@@H]1CN(C(=O)OCCN)C[C@@H]1OCCF.